The number of rotatable bonds is 5. The first kappa shape index (κ1) is 15.0. The first-order chi connectivity index (χ1) is 8.90. The summed E-state index contributed by atoms with van der Waals surface area (Å²) in [5, 5.41) is 11.5. The summed E-state index contributed by atoms with van der Waals surface area (Å²) in [7, 11) is 1.41. The van der Waals surface area contributed by atoms with Gasteiger partial charge in [0.1, 0.15) is 5.41 Å². The Kier molecular flexibility index (Phi) is 4.87. The van der Waals surface area contributed by atoms with Gasteiger partial charge in [0.25, 0.3) is 0 Å². The van der Waals surface area contributed by atoms with Crippen molar-refractivity contribution < 1.29 is 13.9 Å². The van der Waals surface area contributed by atoms with E-state index in [1.54, 1.807) is 26.0 Å². The Labute approximate surface area is 112 Å². The van der Waals surface area contributed by atoms with E-state index < -0.39 is 11.2 Å². The standard InChI is InChI=1S/C14H17FN2O2/c1-14(2,9-16)13(18)17-7-6-10-4-5-12(19-3)11(15)8-10/h4-5,8H,6-7H2,1-3H3,(H,17,18). The van der Waals surface area contributed by atoms with Crippen LogP contribution in [0.25, 0.3) is 0 Å². The number of nitriles is 1. The van der Waals surface area contributed by atoms with Crippen LogP contribution in [0.15, 0.2) is 18.2 Å². The first-order valence-corrected chi connectivity index (χ1v) is 5.92. The number of nitrogens with one attached hydrogen (secondary N) is 1. The van der Waals surface area contributed by atoms with Crippen molar-refractivity contribution in [3.8, 4) is 11.8 Å². The second-order valence-electron chi connectivity index (χ2n) is 4.71. The van der Waals surface area contributed by atoms with E-state index in [4.69, 9.17) is 10.00 Å². The van der Waals surface area contributed by atoms with E-state index in [-0.39, 0.29) is 11.7 Å². The minimum Gasteiger partial charge on any atom is -0.494 e. The minimum absolute atomic E-state index is 0.193. The van der Waals surface area contributed by atoms with Gasteiger partial charge >= 0.3 is 0 Å². The molecular weight excluding hydrogens is 247 g/mol. The number of amides is 1. The highest BCUT2D eigenvalue weighted by atomic mass is 19.1. The lowest BCUT2D eigenvalue weighted by molar-refractivity contribution is -0.126. The van der Waals surface area contributed by atoms with Crippen molar-refractivity contribution >= 4 is 5.91 Å². The van der Waals surface area contributed by atoms with Crippen molar-refractivity contribution in [3.05, 3.63) is 29.6 Å². The average Bonchev–Trinajstić information content (AvgIpc) is 2.38. The smallest absolute Gasteiger partial charge is 0.239 e. The van der Waals surface area contributed by atoms with Gasteiger partial charge in [-0.25, -0.2) is 4.39 Å². The molecular formula is C14H17FN2O2. The van der Waals surface area contributed by atoms with Crippen molar-refractivity contribution in [1.82, 2.24) is 5.32 Å². The maximum atomic E-state index is 13.4. The van der Waals surface area contributed by atoms with Crippen LogP contribution >= 0.6 is 0 Å². The van der Waals surface area contributed by atoms with E-state index in [0.717, 1.165) is 5.56 Å². The van der Waals surface area contributed by atoms with E-state index in [9.17, 15) is 9.18 Å². The number of ether oxygens (including phenoxy) is 1. The molecule has 0 aromatic heterocycles. The molecule has 0 aliphatic heterocycles. The van der Waals surface area contributed by atoms with Gasteiger partial charge in [0.05, 0.1) is 13.2 Å². The van der Waals surface area contributed by atoms with Crippen LogP contribution in [-0.4, -0.2) is 19.6 Å². The molecule has 5 heteroatoms. The lowest BCUT2D eigenvalue weighted by Crippen LogP contribution is -2.36. The molecule has 0 aliphatic carbocycles. The van der Waals surface area contributed by atoms with Crippen LogP contribution in [0.2, 0.25) is 0 Å². The summed E-state index contributed by atoms with van der Waals surface area (Å²) >= 11 is 0. The van der Waals surface area contributed by atoms with Gasteiger partial charge in [-0.15, -0.1) is 0 Å². The second kappa shape index (κ2) is 6.19. The number of carbonyl (C=O) groups excluding carboxylic acids is 1. The van der Waals surface area contributed by atoms with Crippen molar-refractivity contribution in [1.29, 1.82) is 5.26 Å². The SMILES string of the molecule is COc1ccc(CCNC(=O)C(C)(C)C#N)cc1F. The Hall–Kier alpha value is -2.09. The molecule has 1 amide bonds. The fraction of sp³-hybridized carbons (Fsp3) is 0.429. The molecule has 0 unspecified atom stereocenters. The van der Waals surface area contributed by atoms with Gasteiger partial charge in [-0.05, 0) is 38.0 Å². The Morgan fingerprint density at radius 2 is 2.21 bits per heavy atom. The average molecular weight is 264 g/mol. The van der Waals surface area contributed by atoms with E-state index in [1.165, 1.54) is 13.2 Å². The molecule has 0 spiro atoms. The molecule has 19 heavy (non-hydrogen) atoms. The number of hydrogen-bond acceptors (Lipinski definition) is 3. The molecule has 102 valence electrons. The third-order valence-corrected chi connectivity index (χ3v) is 2.76. The highest BCUT2D eigenvalue weighted by Gasteiger charge is 2.26. The van der Waals surface area contributed by atoms with Gasteiger partial charge < -0.3 is 10.1 Å². The number of benzene rings is 1. The van der Waals surface area contributed by atoms with Crippen molar-refractivity contribution in [2.75, 3.05) is 13.7 Å². The number of hydrogen-bond donors (Lipinski definition) is 1. The normalized spacial score (nSPS) is 10.7. The van der Waals surface area contributed by atoms with Crippen LogP contribution in [0.3, 0.4) is 0 Å². The van der Waals surface area contributed by atoms with Gasteiger partial charge in [0.15, 0.2) is 11.6 Å². The third kappa shape index (κ3) is 3.95. The number of nitrogens with zero attached hydrogens (tertiary/aromatic N) is 1. The molecule has 0 fully saturated rings. The number of methoxy groups -OCH3 is 1. The fourth-order valence-electron chi connectivity index (χ4n) is 1.46. The zero-order valence-electron chi connectivity index (χ0n) is 11.3. The predicted octanol–water partition coefficient (Wildman–Crippen LogP) is 2.04. The molecule has 0 saturated carbocycles. The van der Waals surface area contributed by atoms with Crippen molar-refractivity contribution in [2.45, 2.75) is 20.3 Å². The van der Waals surface area contributed by atoms with E-state index in [2.05, 4.69) is 5.32 Å². The summed E-state index contributed by atoms with van der Waals surface area (Å²) in [6.45, 7) is 3.46. The van der Waals surface area contributed by atoms with Crippen LogP contribution in [0.1, 0.15) is 19.4 Å². The zero-order chi connectivity index (χ0) is 14.5. The van der Waals surface area contributed by atoms with Crippen LogP contribution in [0, 0.1) is 22.6 Å². The molecule has 4 nitrogen and oxygen atoms in total. The number of halogens is 1. The predicted molar refractivity (Wildman–Crippen MR) is 69.1 cm³/mol. The van der Waals surface area contributed by atoms with Gasteiger partial charge in [0.2, 0.25) is 5.91 Å². The molecule has 1 rings (SSSR count). The highest BCUT2D eigenvalue weighted by Crippen LogP contribution is 2.18. The maximum absolute atomic E-state index is 13.4. The molecule has 0 atom stereocenters. The fourth-order valence-corrected chi connectivity index (χ4v) is 1.46. The molecule has 1 aromatic rings. The van der Waals surface area contributed by atoms with Gasteiger partial charge in [0, 0.05) is 6.54 Å². The first-order valence-electron chi connectivity index (χ1n) is 5.92. The lowest BCUT2D eigenvalue weighted by Gasteiger charge is -2.14. The molecule has 0 aliphatic rings. The Balaban J connectivity index is 2.53. The molecule has 1 aromatic carbocycles. The van der Waals surface area contributed by atoms with Gasteiger partial charge in [-0.3, -0.25) is 4.79 Å². The van der Waals surface area contributed by atoms with Crippen molar-refractivity contribution in [2.24, 2.45) is 5.41 Å². The van der Waals surface area contributed by atoms with Gasteiger partial charge in [-0.2, -0.15) is 5.26 Å². The largest absolute Gasteiger partial charge is 0.494 e. The molecule has 1 N–H and O–H groups in total. The summed E-state index contributed by atoms with van der Waals surface area (Å²) < 4.78 is 18.2. The molecule has 0 bridgehead atoms. The quantitative estimate of drug-likeness (QED) is 0.885. The van der Waals surface area contributed by atoms with Gasteiger partial charge in [-0.1, -0.05) is 6.07 Å². The Morgan fingerprint density at radius 1 is 1.53 bits per heavy atom. The summed E-state index contributed by atoms with van der Waals surface area (Å²) in [5.41, 5.74) is -0.293. The summed E-state index contributed by atoms with van der Waals surface area (Å²) in [6.07, 6.45) is 0.494. The van der Waals surface area contributed by atoms with Crippen molar-refractivity contribution in [3.63, 3.8) is 0 Å². The van der Waals surface area contributed by atoms with E-state index in [0.29, 0.717) is 13.0 Å². The van der Waals surface area contributed by atoms with Crippen LogP contribution in [0.4, 0.5) is 4.39 Å². The maximum Gasteiger partial charge on any atom is 0.239 e. The molecule has 0 heterocycles. The number of carbonyl (C=O) groups is 1. The topological polar surface area (TPSA) is 62.1 Å². The summed E-state index contributed by atoms with van der Waals surface area (Å²) in [5.74, 6) is -0.564. The zero-order valence-corrected chi connectivity index (χ0v) is 11.3. The van der Waals surface area contributed by atoms with Crippen LogP contribution < -0.4 is 10.1 Å². The molecule has 0 radical (unpaired) electrons. The highest BCUT2D eigenvalue weighted by molar-refractivity contribution is 5.84. The Bertz CT molecular complexity index is 507. The van der Waals surface area contributed by atoms with Crippen LogP contribution in [0.5, 0.6) is 5.75 Å². The summed E-state index contributed by atoms with van der Waals surface area (Å²) in [6, 6.07) is 6.59. The van der Waals surface area contributed by atoms with E-state index in [1.807, 2.05) is 6.07 Å². The Morgan fingerprint density at radius 3 is 2.74 bits per heavy atom. The summed E-state index contributed by atoms with van der Waals surface area (Å²) in [4.78, 5) is 11.6. The lowest BCUT2D eigenvalue weighted by atomic mass is 9.95. The minimum atomic E-state index is -1.05. The monoisotopic (exact) mass is 264 g/mol. The second-order valence-corrected chi connectivity index (χ2v) is 4.71. The van der Waals surface area contributed by atoms with E-state index >= 15 is 0 Å². The van der Waals surface area contributed by atoms with Crippen LogP contribution in [-0.2, 0) is 11.2 Å². The molecule has 0 saturated heterocycles. The third-order valence-electron chi connectivity index (χ3n) is 2.76.